The molecule has 0 fully saturated rings. The van der Waals surface area contributed by atoms with E-state index in [0.717, 1.165) is 10.0 Å². The highest BCUT2D eigenvalue weighted by atomic mass is 79.9. The predicted molar refractivity (Wildman–Crippen MR) is 107 cm³/mol. The van der Waals surface area contributed by atoms with Crippen LogP contribution in [0.2, 0.25) is 0 Å². The van der Waals surface area contributed by atoms with Gasteiger partial charge in [-0.2, -0.15) is 0 Å². The zero-order chi connectivity index (χ0) is 20.3. The normalized spacial score (nSPS) is 10.8. The van der Waals surface area contributed by atoms with E-state index in [1.54, 1.807) is 20.8 Å². The number of aryl methyl sites for hydroxylation is 1. The van der Waals surface area contributed by atoms with Crippen LogP contribution in [0.3, 0.4) is 0 Å². The molecule has 0 aliphatic rings. The van der Waals surface area contributed by atoms with Gasteiger partial charge in [-0.25, -0.2) is 4.79 Å². The summed E-state index contributed by atoms with van der Waals surface area (Å²) in [5.74, 6) is -0.329. The highest BCUT2D eigenvalue weighted by Gasteiger charge is 2.16. The molecule has 3 amide bonds. The minimum absolute atomic E-state index is 0.0244. The average molecular weight is 442 g/mol. The molecular formula is C19H28BrN3O4. The van der Waals surface area contributed by atoms with Gasteiger partial charge in [-0.05, 0) is 45.2 Å². The predicted octanol–water partition coefficient (Wildman–Crippen LogP) is 2.53. The molecule has 0 saturated carbocycles. The average Bonchev–Trinajstić information content (AvgIpc) is 2.57. The van der Waals surface area contributed by atoms with Gasteiger partial charge in [0.25, 0.3) is 0 Å². The Morgan fingerprint density at radius 3 is 2.26 bits per heavy atom. The van der Waals surface area contributed by atoms with E-state index in [1.165, 1.54) is 0 Å². The molecule has 0 bridgehead atoms. The van der Waals surface area contributed by atoms with Crippen LogP contribution < -0.4 is 16.0 Å². The first-order valence-electron chi connectivity index (χ1n) is 8.91. The van der Waals surface area contributed by atoms with E-state index in [9.17, 15) is 14.4 Å². The van der Waals surface area contributed by atoms with Crippen LogP contribution in [-0.2, 0) is 20.7 Å². The standard InChI is InChI=1S/C19H28BrN3O4/c1-19(2,3)27-18(26)23-13-17(25)22-12-6-11-21-16(24)10-9-14-7-4-5-8-15(14)20/h4-5,7-8H,6,9-13H2,1-3H3,(H,21,24)(H,22,25)(H,23,26). The number of halogens is 1. The van der Waals surface area contributed by atoms with Gasteiger partial charge in [0.2, 0.25) is 11.8 Å². The van der Waals surface area contributed by atoms with Gasteiger partial charge in [0.15, 0.2) is 0 Å². The Morgan fingerprint density at radius 1 is 1.00 bits per heavy atom. The molecule has 0 aliphatic heterocycles. The molecule has 0 unspecified atom stereocenters. The SMILES string of the molecule is CC(C)(C)OC(=O)NCC(=O)NCCCNC(=O)CCc1ccccc1Br. The number of hydrogen-bond acceptors (Lipinski definition) is 4. The lowest BCUT2D eigenvalue weighted by molar-refractivity contribution is -0.121. The number of nitrogens with one attached hydrogen (secondary N) is 3. The van der Waals surface area contributed by atoms with Gasteiger partial charge in [0.05, 0.1) is 6.54 Å². The van der Waals surface area contributed by atoms with Crippen molar-refractivity contribution in [1.82, 2.24) is 16.0 Å². The third-order valence-electron chi connectivity index (χ3n) is 3.37. The van der Waals surface area contributed by atoms with E-state index in [2.05, 4.69) is 31.9 Å². The highest BCUT2D eigenvalue weighted by molar-refractivity contribution is 9.10. The fraction of sp³-hybridized carbons (Fsp3) is 0.526. The van der Waals surface area contributed by atoms with Crippen molar-refractivity contribution in [3.63, 3.8) is 0 Å². The van der Waals surface area contributed by atoms with Crippen molar-refractivity contribution >= 4 is 33.8 Å². The topological polar surface area (TPSA) is 96.5 Å². The van der Waals surface area contributed by atoms with Crippen molar-refractivity contribution in [1.29, 1.82) is 0 Å². The van der Waals surface area contributed by atoms with Crippen LogP contribution in [-0.4, -0.2) is 43.1 Å². The van der Waals surface area contributed by atoms with Crippen molar-refractivity contribution in [3.8, 4) is 0 Å². The lowest BCUT2D eigenvalue weighted by Crippen LogP contribution is -2.40. The fourth-order valence-electron chi connectivity index (χ4n) is 2.11. The van der Waals surface area contributed by atoms with Crippen LogP contribution in [0.25, 0.3) is 0 Å². The van der Waals surface area contributed by atoms with E-state index in [-0.39, 0.29) is 18.4 Å². The lowest BCUT2D eigenvalue weighted by atomic mass is 10.1. The van der Waals surface area contributed by atoms with Crippen LogP contribution in [0, 0.1) is 0 Å². The summed E-state index contributed by atoms with van der Waals surface area (Å²) in [6.07, 6.45) is 1.06. The molecule has 27 heavy (non-hydrogen) atoms. The highest BCUT2D eigenvalue weighted by Crippen LogP contribution is 2.17. The second-order valence-corrected chi connectivity index (χ2v) is 7.85. The van der Waals surface area contributed by atoms with Crippen molar-refractivity contribution in [3.05, 3.63) is 34.3 Å². The molecule has 7 nitrogen and oxygen atoms in total. The van der Waals surface area contributed by atoms with Gasteiger partial charge < -0.3 is 20.7 Å². The Morgan fingerprint density at radius 2 is 1.63 bits per heavy atom. The molecule has 0 aliphatic carbocycles. The number of hydrogen-bond donors (Lipinski definition) is 3. The van der Waals surface area contributed by atoms with Crippen LogP contribution in [0.5, 0.6) is 0 Å². The number of alkyl carbamates (subject to hydrolysis) is 1. The molecular weight excluding hydrogens is 414 g/mol. The monoisotopic (exact) mass is 441 g/mol. The van der Waals surface area contributed by atoms with Crippen molar-refractivity contribution in [2.24, 2.45) is 0 Å². The second kappa shape index (κ2) is 11.6. The van der Waals surface area contributed by atoms with E-state index < -0.39 is 11.7 Å². The van der Waals surface area contributed by atoms with E-state index in [1.807, 2.05) is 24.3 Å². The first-order chi connectivity index (χ1) is 12.7. The smallest absolute Gasteiger partial charge is 0.408 e. The Labute approximate surface area is 168 Å². The summed E-state index contributed by atoms with van der Waals surface area (Å²) >= 11 is 3.46. The molecule has 1 aromatic rings. The first-order valence-corrected chi connectivity index (χ1v) is 9.70. The number of rotatable bonds is 9. The summed E-state index contributed by atoms with van der Waals surface area (Å²) in [6.45, 7) is 6.00. The minimum atomic E-state index is -0.630. The van der Waals surface area contributed by atoms with Gasteiger partial charge in [-0.3, -0.25) is 9.59 Å². The summed E-state index contributed by atoms with van der Waals surface area (Å²) in [6, 6.07) is 7.81. The zero-order valence-electron chi connectivity index (χ0n) is 16.1. The number of benzene rings is 1. The number of carbonyl (C=O) groups excluding carboxylic acids is 3. The third-order valence-corrected chi connectivity index (χ3v) is 4.14. The summed E-state index contributed by atoms with van der Waals surface area (Å²) in [5.41, 5.74) is 0.493. The molecule has 0 aromatic heterocycles. The maximum absolute atomic E-state index is 11.8. The molecule has 0 spiro atoms. The third kappa shape index (κ3) is 11.3. The summed E-state index contributed by atoms with van der Waals surface area (Å²) < 4.78 is 6.04. The quantitative estimate of drug-likeness (QED) is 0.512. The second-order valence-electron chi connectivity index (χ2n) is 7.00. The van der Waals surface area contributed by atoms with Crippen molar-refractivity contribution in [2.75, 3.05) is 19.6 Å². The van der Waals surface area contributed by atoms with Gasteiger partial charge in [-0.15, -0.1) is 0 Å². The van der Waals surface area contributed by atoms with E-state index in [4.69, 9.17) is 4.74 Å². The molecule has 1 rings (SSSR count). The summed E-state index contributed by atoms with van der Waals surface area (Å²) in [5, 5.41) is 7.89. The number of amides is 3. The Balaban J connectivity index is 2.07. The molecule has 0 radical (unpaired) electrons. The molecule has 0 saturated heterocycles. The first kappa shape index (κ1) is 23.0. The van der Waals surface area contributed by atoms with Crippen molar-refractivity contribution < 1.29 is 19.1 Å². The Bertz CT molecular complexity index is 644. The molecule has 3 N–H and O–H groups in total. The van der Waals surface area contributed by atoms with Gasteiger partial charge >= 0.3 is 6.09 Å². The largest absolute Gasteiger partial charge is 0.444 e. The fourth-order valence-corrected chi connectivity index (χ4v) is 2.59. The van der Waals surface area contributed by atoms with E-state index >= 15 is 0 Å². The van der Waals surface area contributed by atoms with Crippen LogP contribution in [0.15, 0.2) is 28.7 Å². The molecule has 1 aromatic carbocycles. The Kier molecular flexibility index (Phi) is 9.85. The maximum Gasteiger partial charge on any atom is 0.408 e. The molecule has 0 heterocycles. The zero-order valence-corrected chi connectivity index (χ0v) is 17.6. The lowest BCUT2D eigenvalue weighted by Gasteiger charge is -2.19. The van der Waals surface area contributed by atoms with Gasteiger partial charge in [0.1, 0.15) is 5.60 Å². The molecule has 8 heteroatoms. The van der Waals surface area contributed by atoms with Crippen LogP contribution in [0.1, 0.15) is 39.2 Å². The summed E-state index contributed by atoms with van der Waals surface area (Å²) in [7, 11) is 0. The van der Waals surface area contributed by atoms with Gasteiger partial charge in [-0.1, -0.05) is 34.1 Å². The number of carbonyl (C=O) groups is 3. The van der Waals surface area contributed by atoms with E-state index in [0.29, 0.717) is 32.4 Å². The molecule has 150 valence electrons. The summed E-state index contributed by atoms with van der Waals surface area (Å²) in [4.78, 5) is 34.9. The molecule has 0 atom stereocenters. The minimum Gasteiger partial charge on any atom is -0.444 e. The van der Waals surface area contributed by atoms with Crippen LogP contribution in [0.4, 0.5) is 4.79 Å². The van der Waals surface area contributed by atoms with Gasteiger partial charge in [0, 0.05) is 24.0 Å². The number of ether oxygens (including phenoxy) is 1. The van der Waals surface area contributed by atoms with Crippen LogP contribution >= 0.6 is 15.9 Å². The maximum atomic E-state index is 11.8. The van der Waals surface area contributed by atoms with Crippen molar-refractivity contribution in [2.45, 2.75) is 45.6 Å². The Hall–Kier alpha value is -2.09.